The van der Waals surface area contributed by atoms with Crippen molar-refractivity contribution in [2.45, 2.75) is 31.6 Å². The van der Waals surface area contributed by atoms with Crippen LogP contribution < -0.4 is 5.32 Å². The molecule has 0 aliphatic heterocycles. The first-order valence-corrected chi connectivity index (χ1v) is 10.2. The van der Waals surface area contributed by atoms with Gasteiger partial charge < -0.3 is 14.6 Å². The van der Waals surface area contributed by atoms with Crippen LogP contribution in [0.3, 0.4) is 0 Å². The first-order chi connectivity index (χ1) is 14.0. The van der Waals surface area contributed by atoms with Crippen molar-refractivity contribution < 1.29 is 14.3 Å². The van der Waals surface area contributed by atoms with Crippen molar-refractivity contribution >= 4 is 45.7 Å². The molecule has 0 aliphatic carbocycles. The van der Waals surface area contributed by atoms with E-state index < -0.39 is 12.0 Å². The molecule has 1 amide bonds. The van der Waals surface area contributed by atoms with Crippen molar-refractivity contribution in [2.75, 3.05) is 12.9 Å². The molecule has 2 aromatic heterocycles. The van der Waals surface area contributed by atoms with E-state index >= 15 is 0 Å². The van der Waals surface area contributed by atoms with Crippen LogP contribution in [0.25, 0.3) is 22.1 Å². The highest BCUT2D eigenvalue weighted by molar-refractivity contribution is 7.99. The number of hydrogen-bond acceptors (Lipinski definition) is 7. The van der Waals surface area contributed by atoms with Gasteiger partial charge in [-0.3, -0.25) is 4.79 Å². The van der Waals surface area contributed by atoms with Gasteiger partial charge in [0.2, 0.25) is 11.1 Å². The van der Waals surface area contributed by atoms with Crippen LogP contribution >= 0.6 is 11.8 Å². The van der Waals surface area contributed by atoms with Gasteiger partial charge in [0.1, 0.15) is 11.6 Å². The first kappa shape index (κ1) is 20.8. The molecule has 9 heteroatoms. The number of para-hydroxylation sites is 1. The van der Waals surface area contributed by atoms with Gasteiger partial charge in [-0.2, -0.15) is 0 Å². The Labute approximate surface area is 172 Å². The van der Waals surface area contributed by atoms with E-state index in [2.05, 4.69) is 27.1 Å². The third kappa shape index (κ3) is 4.40. The van der Waals surface area contributed by atoms with Crippen molar-refractivity contribution in [3.05, 3.63) is 36.9 Å². The summed E-state index contributed by atoms with van der Waals surface area (Å²) in [7, 11) is 1.30. The van der Waals surface area contributed by atoms with E-state index in [9.17, 15) is 9.59 Å². The number of benzene rings is 1. The summed E-state index contributed by atoms with van der Waals surface area (Å²) in [5, 5.41) is 12.5. The second kappa shape index (κ2) is 9.04. The Morgan fingerprint density at radius 1 is 1.31 bits per heavy atom. The highest BCUT2D eigenvalue weighted by atomic mass is 32.2. The predicted octanol–water partition coefficient (Wildman–Crippen LogP) is 2.57. The summed E-state index contributed by atoms with van der Waals surface area (Å²) < 4.78 is 6.76. The number of hydrogen-bond donors (Lipinski definition) is 1. The van der Waals surface area contributed by atoms with Gasteiger partial charge in [-0.1, -0.05) is 49.9 Å². The largest absolute Gasteiger partial charge is 0.467 e. The fourth-order valence-electron chi connectivity index (χ4n) is 3.03. The van der Waals surface area contributed by atoms with E-state index in [0.29, 0.717) is 22.9 Å². The zero-order valence-electron chi connectivity index (χ0n) is 16.6. The number of thioether (sulfide) groups is 1. The topological polar surface area (TPSA) is 99.0 Å². The van der Waals surface area contributed by atoms with Gasteiger partial charge in [0.15, 0.2) is 5.65 Å². The smallest absolute Gasteiger partial charge is 0.328 e. The van der Waals surface area contributed by atoms with Crippen LogP contribution in [0.5, 0.6) is 0 Å². The highest BCUT2D eigenvalue weighted by Crippen LogP contribution is 2.27. The van der Waals surface area contributed by atoms with E-state index in [1.165, 1.54) is 18.9 Å². The van der Waals surface area contributed by atoms with Crippen LogP contribution in [-0.4, -0.2) is 50.5 Å². The monoisotopic (exact) mass is 413 g/mol. The number of allylic oxidation sites excluding steroid dienone is 1. The molecule has 0 radical (unpaired) electrons. The number of ether oxygens (including phenoxy) is 1. The summed E-state index contributed by atoms with van der Waals surface area (Å²) >= 11 is 1.17. The molecule has 1 atom stereocenters. The number of amides is 1. The molecule has 0 aliphatic rings. The molecule has 0 bridgehead atoms. The number of nitrogens with one attached hydrogen (secondary N) is 1. The van der Waals surface area contributed by atoms with Crippen LogP contribution in [0.15, 0.2) is 42.1 Å². The highest BCUT2D eigenvalue weighted by Gasteiger charge is 2.25. The number of fused-ring (bicyclic) bond motifs is 3. The SMILES string of the molecule is C=CCn1c2ccccc2c2nnc(SCC(=O)N[C@@H](C(=O)OC)C(C)C)nc21. The molecular formula is C20H23N5O3S. The summed E-state index contributed by atoms with van der Waals surface area (Å²) in [6.07, 6.45) is 1.80. The van der Waals surface area contributed by atoms with E-state index in [0.717, 1.165) is 10.9 Å². The van der Waals surface area contributed by atoms with Crippen LogP contribution in [0.1, 0.15) is 13.8 Å². The lowest BCUT2D eigenvalue weighted by Gasteiger charge is -2.19. The molecule has 0 saturated heterocycles. The summed E-state index contributed by atoms with van der Waals surface area (Å²) in [4.78, 5) is 28.7. The van der Waals surface area contributed by atoms with Crippen molar-refractivity contribution in [2.24, 2.45) is 5.92 Å². The number of aromatic nitrogens is 4. The number of rotatable bonds is 8. The quantitative estimate of drug-likeness (QED) is 0.344. The minimum absolute atomic E-state index is 0.0646. The Morgan fingerprint density at radius 3 is 2.76 bits per heavy atom. The van der Waals surface area contributed by atoms with E-state index in [1.54, 1.807) is 6.08 Å². The maximum atomic E-state index is 12.3. The molecule has 8 nitrogen and oxygen atoms in total. The van der Waals surface area contributed by atoms with Crippen molar-refractivity contribution in [1.29, 1.82) is 0 Å². The predicted molar refractivity (Wildman–Crippen MR) is 113 cm³/mol. The maximum Gasteiger partial charge on any atom is 0.328 e. The molecule has 3 aromatic rings. The average molecular weight is 414 g/mol. The number of esters is 1. The lowest BCUT2D eigenvalue weighted by molar-refractivity contribution is -0.146. The number of methoxy groups -OCH3 is 1. The Kier molecular flexibility index (Phi) is 6.48. The summed E-state index contributed by atoms with van der Waals surface area (Å²) in [5.41, 5.74) is 2.40. The summed E-state index contributed by atoms with van der Waals surface area (Å²) in [6, 6.07) is 7.19. The molecule has 1 aromatic carbocycles. The summed E-state index contributed by atoms with van der Waals surface area (Å²) in [5.74, 6) is -0.781. The summed E-state index contributed by atoms with van der Waals surface area (Å²) in [6.45, 7) is 8.08. The normalized spacial score (nSPS) is 12.3. The third-order valence-corrected chi connectivity index (χ3v) is 5.27. The van der Waals surface area contributed by atoms with Crippen molar-refractivity contribution in [3.8, 4) is 0 Å². The minimum Gasteiger partial charge on any atom is -0.467 e. The second-order valence-electron chi connectivity index (χ2n) is 6.78. The van der Waals surface area contributed by atoms with Gasteiger partial charge in [0.05, 0.1) is 18.4 Å². The third-order valence-electron chi connectivity index (χ3n) is 4.44. The molecule has 0 fully saturated rings. The number of nitrogens with zero attached hydrogens (tertiary/aromatic N) is 4. The molecular weight excluding hydrogens is 390 g/mol. The molecule has 29 heavy (non-hydrogen) atoms. The number of carbonyl (C=O) groups is 2. The van der Waals surface area contributed by atoms with Crippen LogP contribution in [0.2, 0.25) is 0 Å². The molecule has 0 unspecified atom stereocenters. The molecule has 0 spiro atoms. The van der Waals surface area contributed by atoms with Gasteiger partial charge in [0, 0.05) is 11.9 Å². The minimum atomic E-state index is -0.690. The van der Waals surface area contributed by atoms with Crippen molar-refractivity contribution in [1.82, 2.24) is 25.1 Å². The van der Waals surface area contributed by atoms with Crippen LogP contribution in [-0.2, 0) is 20.9 Å². The van der Waals surface area contributed by atoms with Crippen LogP contribution in [0, 0.1) is 5.92 Å². The van der Waals surface area contributed by atoms with E-state index in [4.69, 9.17) is 4.74 Å². The Hall–Kier alpha value is -2.94. The first-order valence-electron chi connectivity index (χ1n) is 9.18. The molecule has 152 valence electrons. The van der Waals surface area contributed by atoms with Gasteiger partial charge >= 0.3 is 5.97 Å². The van der Waals surface area contributed by atoms with Gasteiger partial charge in [-0.05, 0) is 12.0 Å². The fraction of sp³-hybridized carbons (Fsp3) is 0.350. The Morgan fingerprint density at radius 2 is 2.07 bits per heavy atom. The number of carbonyl (C=O) groups excluding carboxylic acids is 2. The molecule has 3 rings (SSSR count). The van der Waals surface area contributed by atoms with E-state index in [1.807, 2.05) is 42.7 Å². The molecule has 0 saturated carbocycles. The maximum absolute atomic E-state index is 12.3. The van der Waals surface area contributed by atoms with Gasteiger partial charge in [-0.25, -0.2) is 9.78 Å². The lowest BCUT2D eigenvalue weighted by Crippen LogP contribution is -2.45. The van der Waals surface area contributed by atoms with Gasteiger partial charge in [-0.15, -0.1) is 16.8 Å². The lowest BCUT2D eigenvalue weighted by atomic mass is 10.1. The van der Waals surface area contributed by atoms with Crippen LogP contribution in [0.4, 0.5) is 0 Å². The second-order valence-corrected chi connectivity index (χ2v) is 7.73. The average Bonchev–Trinajstić information content (AvgIpc) is 3.03. The van der Waals surface area contributed by atoms with Crippen molar-refractivity contribution in [3.63, 3.8) is 0 Å². The van der Waals surface area contributed by atoms with Gasteiger partial charge in [0.25, 0.3) is 0 Å². The Balaban J connectivity index is 1.79. The zero-order chi connectivity index (χ0) is 21.0. The zero-order valence-corrected chi connectivity index (χ0v) is 17.4. The molecule has 2 heterocycles. The standard InChI is InChI=1S/C20H23N5O3S/c1-5-10-25-14-9-7-6-8-13(14)17-18(25)22-20(24-23-17)29-11-15(26)21-16(12(2)3)19(27)28-4/h5-9,12,16H,1,10-11H2,2-4H3,(H,21,26)/t16-/m1/s1. The fourth-order valence-corrected chi connectivity index (χ4v) is 3.63. The van der Waals surface area contributed by atoms with E-state index in [-0.39, 0.29) is 17.6 Å². The Bertz CT molecular complexity index is 1060. The molecule has 1 N–H and O–H groups in total.